The molecule has 1 aliphatic rings. The molecular formula is C25H25N5S2. The number of anilines is 1. The summed E-state index contributed by atoms with van der Waals surface area (Å²) in [4.78, 5) is 13.1. The van der Waals surface area contributed by atoms with Crippen molar-refractivity contribution in [3.8, 4) is 6.07 Å². The Labute approximate surface area is 199 Å². The summed E-state index contributed by atoms with van der Waals surface area (Å²) in [7, 11) is 0. The van der Waals surface area contributed by atoms with Gasteiger partial charge in [0.1, 0.15) is 9.74 Å². The molecule has 1 aliphatic heterocycles. The number of nitriles is 1. The van der Waals surface area contributed by atoms with Crippen molar-refractivity contribution in [2.24, 2.45) is 0 Å². The monoisotopic (exact) mass is 459 g/mol. The maximum absolute atomic E-state index is 10.3. The molecule has 1 aromatic heterocycles. The normalized spacial score (nSPS) is 14.1. The van der Waals surface area contributed by atoms with Gasteiger partial charge in [0, 0.05) is 44.3 Å². The van der Waals surface area contributed by atoms with E-state index in [9.17, 15) is 5.26 Å². The van der Waals surface area contributed by atoms with Crippen LogP contribution >= 0.6 is 24.0 Å². The molecule has 32 heavy (non-hydrogen) atoms. The lowest BCUT2D eigenvalue weighted by Crippen LogP contribution is -2.48. The number of nitrogens with zero attached hydrogens (tertiary/aromatic N) is 5. The number of hydrogen-bond donors (Lipinski definition) is 0. The number of benzene rings is 2. The van der Waals surface area contributed by atoms with Crippen molar-refractivity contribution in [3.63, 3.8) is 0 Å². The highest BCUT2D eigenvalue weighted by atomic mass is 32.2. The van der Waals surface area contributed by atoms with E-state index in [-0.39, 0.29) is 0 Å². The molecular weight excluding hydrogens is 434 g/mol. The van der Waals surface area contributed by atoms with Gasteiger partial charge in [-0.1, -0.05) is 84.6 Å². The summed E-state index contributed by atoms with van der Waals surface area (Å²) in [5, 5.41) is 10.3. The Morgan fingerprint density at radius 2 is 1.47 bits per heavy atom. The third kappa shape index (κ3) is 4.93. The Hall–Kier alpha value is -2.95. The fraction of sp³-hybridized carbons (Fsp3) is 0.280. The number of aromatic nitrogens is 2. The van der Waals surface area contributed by atoms with Crippen molar-refractivity contribution in [2.45, 2.75) is 11.8 Å². The molecule has 0 radical (unpaired) electrons. The molecule has 3 aromatic rings. The largest absolute Gasteiger partial charge is 0.354 e. The Balaban J connectivity index is 1.38. The SMILES string of the molecule is N#CC(CCSC(=S)N1CCN(c2ncccn2)CC1)(c1ccccc1)c1ccccc1. The van der Waals surface area contributed by atoms with E-state index in [0.29, 0.717) is 6.42 Å². The Kier molecular flexibility index (Phi) is 7.35. The van der Waals surface area contributed by atoms with Crippen LogP contribution < -0.4 is 4.90 Å². The van der Waals surface area contributed by atoms with Gasteiger partial charge in [-0.2, -0.15) is 5.26 Å². The van der Waals surface area contributed by atoms with Crippen LogP contribution in [0.2, 0.25) is 0 Å². The summed E-state index contributed by atoms with van der Waals surface area (Å²) >= 11 is 7.41. The first-order valence-corrected chi connectivity index (χ1v) is 12.1. The second kappa shape index (κ2) is 10.6. The smallest absolute Gasteiger partial charge is 0.225 e. The van der Waals surface area contributed by atoms with Crippen LogP contribution in [-0.2, 0) is 5.41 Å². The fourth-order valence-electron chi connectivity index (χ4n) is 4.01. The predicted molar refractivity (Wildman–Crippen MR) is 135 cm³/mol. The first-order valence-electron chi connectivity index (χ1n) is 10.7. The van der Waals surface area contributed by atoms with Crippen molar-refractivity contribution in [3.05, 3.63) is 90.3 Å². The summed E-state index contributed by atoms with van der Waals surface area (Å²) < 4.78 is 0.895. The fourth-order valence-corrected chi connectivity index (χ4v) is 5.39. The lowest BCUT2D eigenvalue weighted by molar-refractivity contribution is 0.394. The Morgan fingerprint density at radius 3 is 2.00 bits per heavy atom. The highest BCUT2D eigenvalue weighted by molar-refractivity contribution is 8.22. The lowest BCUT2D eigenvalue weighted by Gasteiger charge is -2.36. The summed E-state index contributed by atoms with van der Waals surface area (Å²) in [6, 6.07) is 24.6. The van der Waals surface area contributed by atoms with Crippen molar-refractivity contribution in [1.29, 1.82) is 5.26 Å². The van der Waals surface area contributed by atoms with Gasteiger partial charge >= 0.3 is 0 Å². The highest BCUT2D eigenvalue weighted by Crippen LogP contribution is 2.36. The molecule has 0 aliphatic carbocycles. The van der Waals surface area contributed by atoms with E-state index >= 15 is 0 Å². The number of thioether (sulfide) groups is 1. The summed E-state index contributed by atoms with van der Waals surface area (Å²) in [5.41, 5.74) is 1.36. The van der Waals surface area contributed by atoms with Crippen molar-refractivity contribution in [2.75, 3.05) is 36.8 Å². The van der Waals surface area contributed by atoms with E-state index < -0.39 is 5.41 Å². The van der Waals surface area contributed by atoms with Crippen LogP contribution in [0.3, 0.4) is 0 Å². The summed E-state index contributed by atoms with van der Waals surface area (Å²) in [5.74, 6) is 1.55. The molecule has 0 spiro atoms. The van der Waals surface area contributed by atoms with Gasteiger partial charge in [-0.05, 0) is 23.6 Å². The third-order valence-corrected chi connectivity index (χ3v) is 7.32. The number of rotatable bonds is 6. The van der Waals surface area contributed by atoms with Crippen LogP contribution in [0.15, 0.2) is 79.1 Å². The van der Waals surface area contributed by atoms with Gasteiger partial charge in [0.25, 0.3) is 0 Å². The lowest BCUT2D eigenvalue weighted by atomic mass is 9.74. The quantitative estimate of drug-likeness (QED) is 0.503. The van der Waals surface area contributed by atoms with Crippen LogP contribution in [0.4, 0.5) is 5.95 Å². The molecule has 5 nitrogen and oxygen atoms in total. The van der Waals surface area contributed by atoms with E-state index in [1.54, 1.807) is 24.2 Å². The molecule has 0 N–H and O–H groups in total. The minimum Gasteiger partial charge on any atom is -0.354 e. The van der Waals surface area contributed by atoms with Crippen LogP contribution in [0.1, 0.15) is 17.5 Å². The topological polar surface area (TPSA) is 56.1 Å². The predicted octanol–water partition coefficient (Wildman–Crippen LogP) is 4.52. The highest BCUT2D eigenvalue weighted by Gasteiger charge is 2.34. The second-order valence-corrected chi connectivity index (χ2v) is 9.37. The number of piperazine rings is 1. The van der Waals surface area contributed by atoms with Gasteiger partial charge in [0.05, 0.1) is 6.07 Å². The van der Waals surface area contributed by atoms with Crippen LogP contribution in [0.25, 0.3) is 0 Å². The Morgan fingerprint density at radius 1 is 0.906 bits per heavy atom. The van der Waals surface area contributed by atoms with Crippen LogP contribution in [-0.4, -0.2) is 51.1 Å². The van der Waals surface area contributed by atoms with Gasteiger partial charge in [0.2, 0.25) is 5.95 Å². The van der Waals surface area contributed by atoms with Crippen LogP contribution in [0, 0.1) is 11.3 Å². The molecule has 0 amide bonds. The van der Waals surface area contributed by atoms with Crippen molar-refractivity contribution in [1.82, 2.24) is 14.9 Å². The average molecular weight is 460 g/mol. The van der Waals surface area contributed by atoms with Gasteiger partial charge < -0.3 is 9.80 Å². The minimum atomic E-state index is -0.686. The van der Waals surface area contributed by atoms with Gasteiger partial charge in [-0.15, -0.1) is 0 Å². The number of hydrogen-bond acceptors (Lipinski definition) is 6. The molecule has 2 heterocycles. The minimum absolute atomic E-state index is 0.686. The third-order valence-electron chi connectivity index (χ3n) is 5.80. The summed E-state index contributed by atoms with van der Waals surface area (Å²) in [6.45, 7) is 3.40. The number of thiocarbonyl (C=S) groups is 1. The Bertz CT molecular complexity index is 1010. The zero-order chi connectivity index (χ0) is 22.2. The molecule has 162 valence electrons. The van der Waals surface area contributed by atoms with E-state index in [2.05, 4.69) is 25.8 Å². The molecule has 1 saturated heterocycles. The maximum atomic E-state index is 10.3. The molecule has 7 heteroatoms. The zero-order valence-electron chi connectivity index (χ0n) is 17.8. The van der Waals surface area contributed by atoms with E-state index in [4.69, 9.17) is 12.2 Å². The second-order valence-electron chi connectivity index (χ2n) is 7.64. The van der Waals surface area contributed by atoms with Crippen LogP contribution in [0.5, 0.6) is 0 Å². The first kappa shape index (κ1) is 22.3. The molecule has 2 aromatic carbocycles. The molecule has 0 unspecified atom stereocenters. The van der Waals surface area contributed by atoms with E-state index in [0.717, 1.165) is 53.3 Å². The summed E-state index contributed by atoms with van der Waals surface area (Å²) in [6.07, 6.45) is 4.24. The van der Waals surface area contributed by atoms with Crippen molar-refractivity contribution < 1.29 is 0 Å². The standard InChI is InChI=1S/C25H25N5S2/c26-20-25(21-8-3-1-4-9-21,22-10-5-2-6-11-22)12-19-32-24(31)30-17-15-29(16-18-30)23-27-13-7-14-28-23/h1-11,13-14H,12,15-19H2. The van der Waals surface area contributed by atoms with Gasteiger partial charge in [0.15, 0.2) is 0 Å². The average Bonchev–Trinajstić information content (AvgIpc) is 2.88. The molecule has 4 rings (SSSR count). The molecule has 1 fully saturated rings. The molecule has 0 bridgehead atoms. The van der Waals surface area contributed by atoms with Gasteiger partial charge in [-0.25, -0.2) is 9.97 Å². The maximum Gasteiger partial charge on any atom is 0.225 e. The molecule has 0 atom stereocenters. The van der Waals surface area contributed by atoms with Gasteiger partial charge in [-0.3, -0.25) is 0 Å². The van der Waals surface area contributed by atoms with E-state index in [1.165, 1.54) is 0 Å². The zero-order valence-corrected chi connectivity index (χ0v) is 19.4. The molecule has 0 saturated carbocycles. The van der Waals surface area contributed by atoms with Crippen molar-refractivity contribution >= 4 is 34.2 Å². The van der Waals surface area contributed by atoms with E-state index in [1.807, 2.05) is 66.7 Å². The first-order chi connectivity index (χ1) is 15.7.